The number of rotatable bonds is 8. The van der Waals surface area contributed by atoms with Gasteiger partial charge in [-0.25, -0.2) is 0 Å². The molecule has 0 radical (unpaired) electrons. The van der Waals surface area contributed by atoms with Crippen LogP contribution in [0.15, 0.2) is 18.5 Å². The summed E-state index contributed by atoms with van der Waals surface area (Å²) in [7, 11) is 0. The van der Waals surface area contributed by atoms with Crippen molar-refractivity contribution in [3.05, 3.63) is 24.0 Å². The molecule has 1 heterocycles. The van der Waals surface area contributed by atoms with Crippen LogP contribution in [-0.4, -0.2) is 29.1 Å². The van der Waals surface area contributed by atoms with E-state index in [0.29, 0.717) is 12.6 Å². The molecule has 0 aliphatic heterocycles. The largest absolute Gasteiger partial charge is 0.492 e. The molecule has 0 saturated heterocycles. The Morgan fingerprint density at radius 2 is 2.10 bits per heavy atom. The number of nitrogens with zero attached hydrogens (tertiary/aromatic N) is 1. The van der Waals surface area contributed by atoms with Crippen LogP contribution in [-0.2, 0) is 0 Å². The molecule has 4 heteroatoms. The zero-order chi connectivity index (χ0) is 14.9. The van der Waals surface area contributed by atoms with Crippen LogP contribution in [0.25, 0.3) is 0 Å². The predicted molar refractivity (Wildman–Crippen MR) is 91.2 cm³/mol. The van der Waals surface area contributed by atoms with E-state index in [1.54, 1.807) is 6.20 Å². The van der Waals surface area contributed by atoms with Gasteiger partial charge in [0.15, 0.2) is 0 Å². The molecule has 1 aliphatic carbocycles. The summed E-state index contributed by atoms with van der Waals surface area (Å²) >= 11 is 2.13. The molecule has 1 N–H and O–H groups in total. The van der Waals surface area contributed by atoms with Crippen LogP contribution in [0.5, 0.6) is 5.75 Å². The Morgan fingerprint density at radius 1 is 1.29 bits per heavy atom. The highest BCUT2D eigenvalue weighted by Gasteiger charge is 2.18. The summed E-state index contributed by atoms with van der Waals surface area (Å²) in [6, 6.07) is 2.50. The molecule has 1 fully saturated rings. The van der Waals surface area contributed by atoms with Crippen molar-refractivity contribution in [2.75, 3.05) is 18.9 Å². The number of aromatic nitrogens is 1. The van der Waals surface area contributed by atoms with E-state index in [1.165, 1.54) is 37.7 Å². The SMILES string of the molecule is CCNC(CSC1CCCCC1)c1cncc(OCC)c1. The minimum absolute atomic E-state index is 0.370. The van der Waals surface area contributed by atoms with Gasteiger partial charge >= 0.3 is 0 Å². The minimum Gasteiger partial charge on any atom is -0.492 e. The lowest BCUT2D eigenvalue weighted by molar-refractivity contribution is 0.338. The quantitative estimate of drug-likeness (QED) is 0.780. The summed E-state index contributed by atoms with van der Waals surface area (Å²) in [5.41, 5.74) is 1.24. The summed E-state index contributed by atoms with van der Waals surface area (Å²) in [4.78, 5) is 4.33. The average molecular weight is 308 g/mol. The molecular weight excluding hydrogens is 280 g/mol. The third-order valence-electron chi connectivity index (χ3n) is 3.95. The van der Waals surface area contributed by atoms with Crippen LogP contribution in [0, 0.1) is 0 Å². The molecule has 3 nitrogen and oxygen atoms in total. The van der Waals surface area contributed by atoms with Crippen molar-refractivity contribution in [1.29, 1.82) is 0 Å². The second-order valence-corrected chi connectivity index (χ2v) is 6.92. The monoisotopic (exact) mass is 308 g/mol. The Labute approximate surface area is 133 Å². The lowest BCUT2D eigenvalue weighted by atomic mass is 10.0. The molecule has 0 bridgehead atoms. The first kappa shape index (κ1) is 16.6. The second kappa shape index (κ2) is 9.31. The van der Waals surface area contributed by atoms with Gasteiger partial charge in [0.2, 0.25) is 0 Å². The minimum atomic E-state index is 0.370. The van der Waals surface area contributed by atoms with Gasteiger partial charge in [0.1, 0.15) is 5.75 Å². The van der Waals surface area contributed by atoms with Gasteiger partial charge in [-0.2, -0.15) is 11.8 Å². The Kier molecular flexibility index (Phi) is 7.37. The summed E-state index contributed by atoms with van der Waals surface area (Å²) in [5, 5.41) is 4.44. The van der Waals surface area contributed by atoms with E-state index in [2.05, 4.69) is 35.1 Å². The van der Waals surface area contributed by atoms with Crippen molar-refractivity contribution in [3.8, 4) is 5.75 Å². The van der Waals surface area contributed by atoms with Gasteiger partial charge in [0.05, 0.1) is 12.8 Å². The molecule has 1 aliphatic rings. The maximum absolute atomic E-state index is 5.57. The molecule has 1 aromatic rings. The maximum Gasteiger partial charge on any atom is 0.137 e. The number of pyridine rings is 1. The smallest absolute Gasteiger partial charge is 0.137 e. The standard InChI is InChI=1S/C17H28N2OS/c1-3-19-17(13-21-16-8-6-5-7-9-16)14-10-15(20-4-2)12-18-11-14/h10-12,16-17,19H,3-9,13H2,1-2H3. The van der Waals surface area contributed by atoms with Gasteiger partial charge in [-0.3, -0.25) is 4.98 Å². The summed E-state index contributed by atoms with van der Waals surface area (Å²) in [6.07, 6.45) is 10.8. The Balaban J connectivity index is 1.94. The van der Waals surface area contributed by atoms with Gasteiger partial charge in [0.25, 0.3) is 0 Å². The van der Waals surface area contributed by atoms with Gasteiger partial charge in [-0.1, -0.05) is 26.2 Å². The molecule has 0 spiro atoms. The third-order valence-corrected chi connectivity index (χ3v) is 5.42. The average Bonchev–Trinajstić information content (AvgIpc) is 2.53. The normalized spacial score (nSPS) is 17.6. The summed E-state index contributed by atoms with van der Waals surface area (Å²) < 4.78 is 5.57. The van der Waals surface area contributed by atoms with Gasteiger partial charge < -0.3 is 10.1 Å². The van der Waals surface area contributed by atoms with E-state index >= 15 is 0 Å². The molecular formula is C17H28N2OS. The highest BCUT2D eigenvalue weighted by atomic mass is 32.2. The second-order valence-electron chi connectivity index (χ2n) is 5.59. The maximum atomic E-state index is 5.57. The highest BCUT2D eigenvalue weighted by molar-refractivity contribution is 7.99. The molecule has 0 amide bonds. The van der Waals surface area contributed by atoms with Crippen LogP contribution in [0.1, 0.15) is 57.6 Å². The lowest BCUT2D eigenvalue weighted by Gasteiger charge is -2.24. The fourth-order valence-corrected chi connectivity index (χ4v) is 4.30. The summed E-state index contributed by atoms with van der Waals surface area (Å²) in [6.45, 7) is 5.84. The molecule has 1 aromatic heterocycles. The Bertz CT molecular complexity index is 408. The van der Waals surface area contributed by atoms with Crippen molar-refractivity contribution in [3.63, 3.8) is 0 Å². The first-order valence-electron chi connectivity index (χ1n) is 8.26. The first-order chi connectivity index (χ1) is 10.3. The van der Waals surface area contributed by atoms with Crippen molar-refractivity contribution < 1.29 is 4.74 Å². The lowest BCUT2D eigenvalue weighted by Crippen LogP contribution is -2.24. The van der Waals surface area contributed by atoms with E-state index in [4.69, 9.17) is 4.74 Å². The molecule has 1 unspecified atom stereocenters. The van der Waals surface area contributed by atoms with E-state index in [1.807, 2.05) is 13.1 Å². The third kappa shape index (κ3) is 5.51. The van der Waals surface area contributed by atoms with Gasteiger partial charge in [-0.15, -0.1) is 0 Å². The first-order valence-corrected chi connectivity index (χ1v) is 9.31. The Hall–Kier alpha value is -0.740. The zero-order valence-corrected chi connectivity index (χ0v) is 14.1. The summed E-state index contributed by atoms with van der Waals surface area (Å²) in [5.74, 6) is 2.00. The van der Waals surface area contributed by atoms with Crippen molar-refractivity contribution in [2.45, 2.75) is 57.2 Å². The molecule has 1 atom stereocenters. The van der Waals surface area contributed by atoms with Crippen LogP contribution in [0.4, 0.5) is 0 Å². The molecule has 1 saturated carbocycles. The Morgan fingerprint density at radius 3 is 2.81 bits per heavy atom. The van der Waals surface area contributed by atoms with E-state index in [9.17, 15) is 0 Å². The molecule has 21 heavy (non-hydrogen) atoms. The van der Waals surface area contributed by atoms with Gasteiger partial charge in [-0.05, 0) is 37.9 Å². The van der Waals surface area contributed by atoms with Crippen molar-refractivity contribution in [1.82, 2.24) is 10.3 Å². The molecule has 0 aromatic carbocycles. The van der Waals surface area contributed by atoms with E-state index in [-0.39, 0.29) is 0 Å². The van der Waals surface area contributed by atoms with Crippen LogP contribution in [0.3, 0.4) is 0 Å². The number of nitrogens with one attached hydrogen (secondary N) is 1. The topological polar surface area (TPSA) is 34.2 Å². The number of hydrogen-bond acceptors (Lipinski definition) is 4. The zero-order valence-electron chi connectivity index (χ0n) is 13.3. The highest BCUT2D eigenvalue weighted by Crippen LogP contribution is 2.31. The van der Waals surface area contributed by atoms with Crippen LogP contribution < -0.4 is 10.1 Å². The van der Waals surface area contributed by atoms with Crippen molar-refractivity contribution in [2.24, 2.45) is 0 Å². The fraction of sp³-hybridized carbons (Fsp3) is 0.706. The van der Waals surface area contributed by atoms with E-state index in [0.717, 1.165) is 23.3 Å². The van der Waals surface area contributed by atoms with E-state index < -0.39 is 0 Å². The van der Waals surface area contributed by atoms with Gasteiger partial charge in [0, 0.05) is 23.2 Å². The van der Waals surface area contributed by atoms with Crippen LogP contribution >= 0.6 is 11.8 Å². The van der Waals surface area contributed by atoms with Crippen molar-refractivity contribution >= 4 is 11.8 Å². The van der Waals surface area contributed by atoms with Crippen LogP contribution in [0.2, 0.25) is 0 Å². The molecule has 118 valence electrons. The fourth-order valence-electron chi connectivity index (χ4n) is 2.86. The predicted octanol–water partition coefficient (Wildman–Crippen LogP) is 4.20. The number of thioether (sulfide) groups is 1. The number of hydrogen-bond donors (Lipinski definition) is 1. The molecule has 2 rings (SSSR count). The number of ether oxygens (including phenoxy) is 1.